The highest BCUT2D eigenvalue weighted by molar-refractivity contribution is 6.14. The van der Waals surface area contributed by atoms with Crippen LogP contribution in [0.5, 0.6) is 11.5 Å². The first kappa shape index (κ1) is 17.7. The van der Waals surface area contributed by atoms with Crippen molar-refractivity contribution in [3.05, 3.63) is 101 Å². The molecular weight excluding hydrogens is 352 g/mol. The summed E-state index contributed by atoms with van der Waals surface area (Å²) in [5.41, 5.74) is 2.72. The van der Waals surface area contributed by atoms with E-state index < -0.39 is 12.1 Å². The molecule has 0 amide bonds. The maximum Gasteiger partial charge on any atom is 0.308 e. The van der Waals surface area contributed by atoms with Gasteiger partial charge in [0.2, 0.25) is 0 Å². The maximum atomic E-state index is 13.2. The van der Waals surface area contributed by atoms with Gasteiger partial charge in [0.15, 0.2) is 11.9 Å². The molecule has 0 saturated heterocycles. The first-order chi connectivity index (χ1) is 13.6. The molecule has 4 heteroatoms. The minimum atomic E-state index is -0.513. The molecule has 1 heterocycles. The van der Waals surface area contributed by atoms with Crippen molar-refractivity contribution in [2.75, 3.05) is 0 Å². The van der Waals surface area contributed by atoms with Crippen molar-refractivity contribution in [1.29, 1.82) is 0 Å². The fourth-order valence-electron chi connectivity index (χ4n) is 3.25. The quantitative estimate of drug-likeness (QED) is 0.369. The molecule has 138 valence electrons. The molecule has 3 aromatic rings. The number of carbonyl (C=O) groups is 2. The Bertz CT molecular complexity index is 1070. The molecule has 0 fully saturated rings. The Morgan fingerprint density at radius 3 is 2.50 bits per heavy atom. The molecule has 1 aliphatic heterocycles. The van der Waals surface area contributed by atoms with Gasteiger partial charge in [-0.05, 0) is 41.5 Å². The van der Waals surface area contributed by atoms with E-state index in [1.807, 2.05) is 48.5 Å². The minimum Gasteiger partial charge on any atom is -0.480 e. The lowest BCUT2D eigenvalue weighted by atomic mass is 9.89. The van der Waals surface area contributed by atoms with Crippen LogP contribution in [0.1, 0.15) is 34.5 Å². The molecule has 1 atom stereocenters. The van der Waals surface area contributed by atoms with E-state index in [1.165, 1.54) is 6.92 Å². The number of fused-ring (bicyclic) bond motifs is 1. The van der Waals surface area contributed by atoms with Gasteiger partial charge in [0.05, 0.1) is 5.56 Å². The lowest BCUT2D eigenvalue weighted by Gasteiger charge is -2.28. The number of rotatable bonds is 3. The topological polar surface area (TPSA) is 52.6 Å². The molecule has 0 N–H and O–H groups in total. The van der Waals surface area contributed by atoms with E-state index in [0.29, 0.717) is 22.6 Å². The number of esters is 1. The molecule has 28 heavy (non-hydrogen) atoms. The van der Waals surface area contributed by atoms with E-state index in [4.69, 9.17) is 9.47 Å². The molecule has 0 radical (unpaired) electrons. The Hall–Kier alpha value is -3.66. The van der Waals surface area contributed by atoms with Crippen LogP contribution >= 0.6 is 0 Å². The number of Topliss-reactive ketones (excluding diaryl/α,β-unsaturated/α-hetero) is 1. The number of hydrogen-bond acceptors (Lipinski definition) is 4. The third-order valence-corrected chi connectivity index (χ3v) is 4.47. The minimum absolute atomic E-state index is 0.0754. The fraction of sp³-hybridized carbons (Fsp3) is 0.0833. The summed E-state index contributed by atoms with van der Waals surface area (Å²) < 4.78 is 11.3. The molecule has 4 nitrogen and oxygen atoms in total. The van der Waals surface area contributed by atoms with E-state index in [2.05, 4.69) is 0 Å². The van der Waals surface area contributed by atoms with Crippen molar-refractivity contribution >= 4 is 17.8 Å². The van der Waals surface area contributed by atoms with E-state index in [9.17, 15) is 9.59 Å². The monoisotopic (exact) mass is 370 g/mol. The van der Waals surface area contributed by atoms with Crippen LogP contribution in [0.15, 0.2) is 84.4 Å². The van der Waals surface area contributed by atoms with E-state index >= 15 is 0 Å². The number of hydrogen-bond donors (Lipinski definition) is 0. The zero-order valence-electron chi connectivity index (χ0n) is 15.3. The number of benzene rings is 3. The van der Waals surface area contributed by atoms with E-state index in [0.717, 1.165) is 11.1 Å². The van der Waals surface area contributed by atoms with Gasteiger partial charge in [-0.15, -0.1) is 0 Å². The van der Waals surface area contributed by atoms with Crippen LogP contribution in [0.4, 0.5) is 0 Å². The lowest BCUT2D eigenvalue weighted by Crippen LogP contribution is -2.23. The Morgan fingerprint density at radius 1 is 0.964 bits per heavy atom. The number of ether oxygens (including phenoxy) is 2. The van der Waals surface area contributed by atoms with Gasteiger partial charge >= 0.3 is 5.97 Å². The van der Waals surface area contributed by atoms with Crippen LogP contribution in [-0.4, -0.2) is 11.8 Å². The molecule has 0 saturated carbocycles. The Morgan fingerprint density at radius 2 is 1.71 bits per heavy atom. The van der Waals surface area contributed by atoms with E-state index in [-0.39, 0.29) is 5.78 Å². The van der Waals surface area contributed by atoms with Gasteiger partial charge in [-0.1, -0.05) is 54.6 Å². The molecule has 0 spiro atoms. The van der Waals surface area contributed by atoms with Crippen LogP contribution in [-0.2, 0) is 4.79 Å². The molecule has 1 unspecified atom stereocenters. The second-order valence-corrected chi connectivity index (χ2v) is 6.50. The third kappa shape index (κ3) is 3.58. The number of ketones is 1. The van der Waals surface area contributed by atoms with Crippen molar-refractivity contribution in [2.45, 2.75) is 13.0 Å². The highest BCUT2D eigenvalue weighted by Gasteiger charge is 2.32. The Balaban J connectivity index is 1.81. The first-order valence-electron chi connectivity index (χ1n) is 8.97. The molecule has 0 aromatic heterocycles. The van der Waals surface area contributed by atoms with E-state index in [1.54, 1.807) is 36.4 Å². The summed E-state index contributed by atoms with van der Waals surface area (Å²) >= 11 is 0. The highest BCUT2D eigenvalue weighted by atomic mass is 16.5. The van der Waals surface area contributed by atoms with Crippen molar-refractivity contribution < 1.29 is 19.1 Å². The molecule has 4 rings (SSSR count). The van der Waals surface area contributed by atoms with Crippen LogP contribution in [0, 0.1) is 0 Å². The molecule has 1 aliphatic rings. The Labute approximate surface area is 163 Å². The molecule has 3 aromatic carbocycles. The summed E-state index contributed by atoms with van der Waals surface area (Å²) in [6.45, 7) is 1.35. The lowest BCUT2D eigenvalue weighted by molar-refractivity contribution is -0.131. The normalized spacial score (nSPS) is 17.0. The maximum absolute atomic E-state index is 13.2. The third-order valence-electron chi connectivity index (χ3n) is 4.47. The first-order valence-corrected chi connectivity index (χ1v) is 8.97. The summed E-state index contributed by atoms with van der Waals surface area (Å²) in [7, 11) is 0. The average molecular weight is 370 g/mol. The zero-order chi connectivity index (χ0) is 19.5. The van der Waals surface area contributed by atoms with Crippen molar-refractivity contribution in [2.24, 2.45) is 0 Å². The summed E-state index contributed by atoms with van der Waals surface area (Å²) in [6, 6.07) is 24.0. The number of carbonyl (C=O) groups excluding carboxylic acids is 2. The van der Waals surface area contributed by atoms with Crippen LogP contribution in [0.2, 0.25) is 0 Å². The highest BCUT2D eigenvalue weighted by Crippen LogP contribution is 2.39. The van der Waals surface area contributed by atoms with Gasteiger partial charge in [-0.2, -0.15) is 0 Å². The number of para-hydroxylation sites is 1. The summed E-state index contributed by atoms with van der Waals surface area (Å²) in [4.78, 5) is 24.5. The van der Waals surface area contributed by atoms with Gasteiger partial charge in [0, 0.05) is 12.5 Å². The summed E-state index contributed by atoms with van der Waals surface area (Å²) in [6.07, 6.45) is 1.28. The molecule has 0 aliphatic carbocycles. The summed E-state index contributed by atoms with van der Waals surface area (Å²) in [5.74, 6) is 0.543. The van der Waals surface area contributed by atoms with Crippen molar-refractivity contribution in [3.63, 3.8) is 0 Å². The van der Waals surface area contributed by atoms with Crippen molar-refractivity contribution in [1.82, 2.24) is 0 Å². The molecule has 0 bridgehead atoms. The zero-order valence-corrected chi connectivity index (χ0v) is 15.3. The molecular formula is C24H18O4. The Kier molecular flexibility index (Phi) is 4.77. The fourth-order valence-corrected chi connectivity index (χ4v) is 3.25. The standard InChI is InChI=1S/C24H18O4/c1-16(25)27-19-11-7-8-17(14-19)15-21-23(26)20-12-5-6-13-22(20)28-24(21)18-9-3-2-4-10-18/h2-15,24H,1H3. The van der Waals surface area contributed by atoms with Crippen LogP contribution in [0.3, 0.4) is 0 Å². The van der Waals surface area contributed by atoms with Crippen LogP contribution < -0.4 is 9.47 Å². The average Bonchev–Trinajstić information content (AvgIpc) is 2.70. The smallest absolute Gasteiger partial charge is 0.308 e. The van der Waals surface area contributed by atoms with Gasteiger partial charge in [0.25, 0.3) is 0 Å². The van der Waals surface area contributed by atoms with Gasteiger partial charge < -0.3 is 9.47 Å². The second-order valence-electron chi connectivity index (χ2n) is 6.50. The van der Waals surface area contributed by atoms with Gasteiger partial charge in [0.1, 0.15) is 11.5 Å². The predicted molar refractivity (Wildman–Crippen MR) is 106 cm³/mol. The summed E-state index contributed by atoms with van der Waals surface area (Å²) in [5, 5.41) is 0. The largest absolute Gasteiger partial charge is 0.480 e. The predicted octanol–water partition coefficient (Wildman–Crippen LogP) is 5.01. The van der Waals surface area contributed by atoms with Crippen LogP contribution in [0.25, 0.3) is 6.08 Å². The van der Waals surface area contributed by atoms with Gasteiger partial charge in [-0.25, -0.2) is 0 Å². The van der Waals surface area contributed by atoms with Gasteiger partial charge in [-0.3, -0.25) is 9.59 Å². The SMILES string of the molecule is CC(=O)Oc1cccc(C=C2C(=O)c3ccccc3OC2c2ccccc2)c1. The second kappa shape index (κ2) is 7.53. The van der Waals surface area contributed by atoms with Crippen molar-refractivity contribution in [3.8, 4) is 11.5 Å².